The molecule has 0 bridgehead atoms. The number of nitrogens with one attached hydrogen (secondary N) is 1. The van der Waals surface area contributed by atoms with Crippen molar-refractivity contribution in [1.29, 1.82) is 0 Å². The second-order valence-corrected chi connectivity index (χ2v) is 10.3. The normalized spacial score (nSPS) is 15.7. The summed E-state index contributed by atoms with van der Waals surface area (Å²) in [6.45, 7) is 11.9. The zero-order valence-corrected chi connectivity index (χ0v) is 21.2. The summed E-state index contributed by atoms with van der Waals surface area (Å²) in [5.74, 6) is -1.90. The fourth-order valence-corrected chi connectivity index (χ4v) is 3.95. The first-order valence-corrected chi connectivity index (χ1v) is 12.0. The predicted molar refractivity (Wildman–Crippen MR) is 123 cm³/mol. The van der Waals surface area contributed by atoms with Crippen molar-refractivity contribution < 1.29 is 37.4 Å². The van der Waals surface area contributed by atoms with E-state index in [0.29, 0.717) is 19.6 Å². The minimum Gasteiger partial charge on any atom is -0.464 e. The number of esters is 1. The van der Waals surface area contributed by atoms with E-state index >= 15 is 0 Å². The molecule has 34 heavy (non-hydrogen) atoms. The maximum absolute atomic E-state index is 12.9. The van der Waals surface area contributed by atoms with Crippen LogP contribution >= 0.6 is 11.8 Å². The topological polar surface area (TPSA) is 138 Å². The number of carbonyl (C=O) groups excluding carboxylic acids is 3. The summed E-state index contributed by atoms with van der Waals surface area (Å²) >= 11 is 0.737. The molecule has 1 saturated heterocycles. The van der Waals surface area contributed by atoms with Crippen molar-refractivity contribution in [2.45, 2.75) is 58.4 Å². The van der Waals surface area contributed by atoms with E-state index in [-0.39, 0.29) is 36.6 Å². The molecule has 1 atom stereocenters. The summed E-state index contributed by atoms with van der Waals surface area (Å²) in [5, 5.41) is 1.98. The Bertz CT molecular complexity index is 887. The van der Waals surface area contributed by atoms with Gasteiger partial charge in [0.05, 0.1) is 24.6 Å². The molecule has 2 heterocycles. The van der Waals surface area contributed by atoms with Crippen molar-refractivity contribution in [3.63, 3.8) is 0 Å². The third kappa shape index (κ3) is 8.80. The Balaban J connectivity index is 1.94. The highest BCUT2D eigenvalue weighted by atomic mass is 32.2. The number of nitrogens with zero attached hydrogens (tertiary/aromatic N) is 1. The average molecular weight is 503 g/mol. The summed E-state index contributed by atoms with van der Waals surface area (Å²) in [5.41, 5.74) is 0. The van der Waals surface area contributed by atoms with E-state index in [0.717, 1.165) is 31.4 Å². The van der Waals surface area contributed by atoms with Crippen molar-refractivity contribution in [3.05, 3.63) is 22.1 Å². The largest absolute Gasteiger partial charge is 0.519 e. The SMILES string of the molecule is Cc1oc(=O)oc1COC(=O)SC(C)(C)[C@@H](NC(=O)C(C)C)C(=O)OCCCN1CCOCC1. The van der Waals surface area contributed by atoms with Crippen LogP contribution in [0.3, 0.4) is 0 Å². The number of amides is 1. The van der Waals surface area contributed by atoms with E-state index in [2.05, 4.69) is 10.2 Å². The molecule has 1 aromatic rings. The molecular weight excluding hydrogens is 468 g/mol. The number of thioether (sulfide) groups is 1. The Morgan fingerprint density at radius 1 is 1.15 bits per heavy atom. The van der Waals surface area contributed by atoms with Gasteiger partial charge in [0.2, 0.25) is 5.91 Å². The van der Waals surface area contributed by atoms with Crippen molar-refractivity contribution >= 4 is 28.9 Å². The van der Waals surface area contributed by atoms with E-state index in [4.69, 9.17) is 23.0 Å². The van der Waals surface area contributed by atoms with Crippen LogP contribution in [0.2, 0.25) is 0 Å². The van der Waals surface area contributed by atoms with Gasteiger partial charge in [0, 0.05) is 25.6 Å². The molecule has 0 aliphatic carbocycles. The van der Waals surface area contributed by atoms with Gasteiger partial charge in [-0.25, -0.2) is 14.4 Å². The number of hydrogen-bond donors (Lipinski definition) is 1. The maximum Gasteiger partial charge on any atom is 0.519 e. The highest BCUT2D eigenvalue weighted by Gasteiger charge is 2.41. The molecule has 1 N–H and O–H groups in total. The van der Waals surface area contributed by atoms with Crippen LogP contribution in [0, 0.1) is 12.8 Å². The number of ether oxygens (including phenoxy) is 3. The molecule has 0 spiro atoms. The molecule has 1 amide bonds. The molecule has 0 radical (unpaired) electrons. The average Bonchev–Trinajstić information content (AvgIpc) is 3.10. The molecule has 0 saturated carbocycles. The van der Waals surface area contributed by atoms with E-state index in [1.54, 1.807) is 27.7 Å². The predicted octanol–water partition coefficient (Wildman–Crippen LogP) is 2.10. The second kappa shape index (κ2) is 13.0. The Morgan fingerprint density at radius 2 is 1.82 bits per heavy atom. The first kappa shape index (κ1) is 27.9. The zero-order chi connectivity index (χ0) is 25.3. The minimum absolute atomic E-state index is 0.0982. The lowest BCUT2D eigenvalue weighted by Gasteiger charge is -2.32. The van der Waals surface area contributed by atoms with Crippen molar-refractivity contribution in [2.75, 3.05) is 39.5 Å². The van der Waals surface area contributed by atoms with Gasteiger partial charge in [-0.1, -0.05) is 13.8 Å². The summed E-state index contributed by atoms with van der Waals surface area (Å²) in [6, 6.07) is -1.09. The third-order valence-corrected chi connectivity index (χ3v) is 6.26. The molecule has 1 aromatic heterocycles. The molecule has 2 rings (SSSR count). The van der Waals surface area contributed by atoms with Crippen molar-refractivity contribution in [3.8, 4) is 0 Å². The van der Waals surface area contributed by atoms with Crippen LogP contribution in [-0.4, -0.2) is 72.3 Å². The van der Waals surface area contributed by atoms with Gasteiger partial charge in [0.25, 0.3) is 0 Å². The first-order valence-electron chi connectivity index (χ1n) is 11.2. The fourth-order valence-electron chi connectivity index (χ4n) is 3.13. The molecule has 11 nitrogen and oxygen atoms in total. The summed E-state index contributed by atoms with van der Waals surface area (Å²) in [6.07, 6.45) is 0.640. The van der Waals surface area contributed by atoms with Crippen LogP contribution in [0.15, 0.2) is 13.6 Å². The molecule has 0 aromatic carbocycles. The molecule has 192 valence electrons. The van der Waals surface area contributed by atoms with Gasteiger partial charge in [-0.2, -0.15) is 0 Å². The van der Waals surface area contributed by atoms with Crippen molar-refractivity contribution in [2.24, 2.45) is 5.92 Å². The highest BCUT2D eigenvalue weighted by Crippen LogP contribution is 2.31. The quantitative estimate of drug-likeness (QED) is 0.352. The monoisotopic (exact) mass is 502 g/mol. The molecule has 12 heteroatoms. The van der Waals surface area contributed by atoms with Crippen LogP contribution in [0.25, 0.3) is 0 Å². The van der Waals surface area contributed by atoms with E-state index in [1.165, 1.54) is 6.92 Å². The first-order chi connectivity index (χ1) is 16.0. The number of carbonyl (C=O) groups is 3. The third-order valence-electron chi connectivity index (χ3n) is 5.21. The molecular formula is C22H34N2O9S. The van der Waals surface area contributed by atoms with Crippen LogP contribution in [0.5, 0.6) is 0 Å². The van der Waals surface area contributed by atoms with E-state index in [1.807, 2.05) is 0 Å². The Morgan fingerprint density at radius 3 is 2.41 bits per heavy atom. The Kier molecular flexibility index (Phi) is 10.6. The van der Waals surface area contributed by atoms with Crippen LogP contribution in [0.1, 0.15) is 45.6 Å². The lowest BCUT2D eigenvalue weighted by atomic mass is 10.0. The number of morpholine rings is 1. The van der Waals surface area contributed by atoms with Gasteiger partial charge in [-0.05, 0) is 39.0 Å². The highest BCUT2D eigenvalue weighted by molar-refractivity contribution is 8.14. The molecule has 1 fully saturated rings. The smallest absolute Gasteiger partial charge is 0.464 e. The standard InChI is InChI=1S/C22H34N2O9S/c1-14(2)18(25)23-17(19(26)30-10-6-7-24-8-11-29-12-9-24)22(4,5)34-21(28)31-13-16-15(3)32-20(27)33-16/h14,17H,6-13H2,1-5H3,(H,23,25)/t17-/m0/s1. The Labute approximate surface area is 202 Å². The lowest BCUT2D eigenvalue weighted by molar-refractivity contribution is -0.149. The minimum atomic E-state index is -1.09. The number of rotatable bonds is 11. The molecule has 0 unspecified atom stereocenters. The summed E-state index contributed by atoms with van der Waals surface area (Å²) in [4.78, 5) is 51.1. The Hall–Kier alpha value is -2.31. The van der Waals surface area contributed by atoms with E-state index < -0.39 is 27.9 Å². The molecule has 1 aliphatic heterocycles. The van der Waals surface area contributed by atoms with Gasteiger partial charge >= 0.3 is 17.1 Å². The maximum atomic E-state index is 12.9. The van der Waals surface area contributed by atoms with Crippen LogP contribution in [-0.2, 0) is 30.4 Å². The summed E-state index contributed by atoms with van der Waals surface area (Å²) < 4.78 is 24.4. The number of hydrogen-bond acceptors (Lipinski definition) is 11. The van der Waals surface area contributed by atoms with Crippen LogP contribution < -0.4 is 11.1 Å². The van der Waals surface area contributed by atoms with Crippen molar-refractivity contribution in [1.82, 2.24) is 10.2 Å². The zero-order valence-electron chi connectivity index (χ0n) is 20.3. The second-order valence-electron chi connectivity index (χ2n) is 8.75. The van der Waals surface area contributed by atoms with Crippen LogP contribution in [0.4, 0.5) is 4.79 Å². The van der Waals surface area contributed by atoms with Gasteiger partial charge < -0.3 is 28.4 Å². The lowest BCUT2D eigenvalue weighted by Crippen LogP contribution is -2.54. The van der Waals surface area contributed by atoms with E-state index in [9.17, 15) is 19.2 Å². The van der Waals surface area contributed by atoms with Gasteiger partial charge in [-0.3, -0.25) is 9.69 Å². The van der Waals surface area contributed by atoms with Gasteiger partial charge in [0.15, 0.2) is 18.1 Å². The summed E-state index contributed by atoms with van der Waals surface area (Å²) in [7, 11) is 0. The van der Waals surface area contributed by atoms with Gasteiger partial charge in [-0.15, -0.1) is 0 Å². The number of aryl methyl sites for hydroxylation is 1. The fraction of sp³-hybridized carbons (Fsp3) is 0.727. The molecule has 1 aliphatic rings. The van der Waals surface area contributed by atoms with Gasteiger partial charge in [0.1, 0.15) is 6.04 Å².